The Balaban J connectivity index is 1.41. The number of likely N-dealkylation sites (N-methyl/N-ethyl adjacent to an activating group) is 1. The quantitative estimate of drug-likeness (QED) is 0.426. The number of oxazole rings is 1. The van der Waals surface area contributed by atoms with Crippen molar-refractivity contribution in [3.63, 3.8) is 0 Å². The van der Waals surface area contributed by atoms with E-state index in [1.807, 2.05) is 60.7 Å². The average molecular weight is 393 g/mol. The van der Waals surface area contributed by atoms with E-state index in [2.05, 4.69) is 4.98 Å². The Labute approximate surface area is 166 Å². The molecule has 6 heteroatoms. The number of hydrogen-bond donors (Lipinski definition) is 0. The van der Waals surface area contributed by atoms with Crippen LogP contribution >= 0.6 is 11.6 Å². The van der Waals surface area contributed by atoms with Crippen LogP contribution in [0.3, 0.4) is 0 Å². The van der Waals surface area contributed by atoms with E-state index in [4.69, 9.17) is 20.4 Å². The van der Waals surface area contributed by atoms with Crippen molar-refractivity contribution in [3.8, 4) is 11.3 Å². The van der Waals surface area contributed by atoms with E-state index in [1.165, 1.54) is 6.08 Å². The molecule has 4 aromatic rings. The van der Waals surface area contributed by atoms with E-state index < -0.39 is 0 Å². The monoisotopic (exact) mass is 392 g/mol. The minimum absolute atomic E-state index is 0.174. The van der Waals surface area contributed by atoms with Gasteiger partial charge in [0.15, 0.2) is 5.58 Å². The van der Waals surface area contributed by atoms with Gasteiger partial charge in [-0.05, 0) is 48.5 Å². The molecule has 28 heavy (non-hydrogen) atoms. The smallest absolute Gasteiger partial charge is 0.246 e. The highest BCUT2D eigenvalue weighted by Gasteiger charge is 2.11. The number of amides is 1. The molecule has 4 rings (SSSR count). The van der Waals surface area contributed by atoms with Gasteiger partial charge in [0.25, 0.3) is 0 Å². The van der Waals surface area contributed by atoms with E-state index in [1.54, 1.807) is 18.0 Å². The molecule has 0 radical (unpaired) electrons. The molecule has 0 unspecified atom stereocenters. The summed E-state index contributed by atoms with van der Waals surface area (Å²) in [5, 5.41) is 0.673. The van der Waals surface area contributed by atoms with Gasteiger partial charge in [0.05, 0.1) is 6.54 Å². The summed E-state index contributed by atoms with van der Waals surface area (Å²) in [6.45, 7) is 0.352. The highest BCUT2D eigenvalue weighted by atomic mass is 35.5. The number of hydrogen-bond acceptors (Lipinski definition) is 4. The van der Waals surface area contributed by atoms with Crippen LogP contribution in [-0.4, -0.2) is 22.8 Å². The molecule has 2 heterocycles. The summed E-state index contributed by atoms with van der Waals surface area (Å²) >= 11 is 5.91. The molecule has 1 amide bonds. The lowest BCUT2D eigenvalue weighted by atomic mass is 10.2. The fourth-order valence-electron chi connectivity index (χ4n) is 2.78. The molecule has 0 atom stereocenters. The molecule has 140 valence electrons. The number of halogens is 1. The highest BCUT2D eigenvalue weighted by molar-refractivity contribution is 6.30. The molecule has 2 aromatic heterocycles. The molecular weight excluding hydrogens is 376 g/mol. The van der Waals surface area contributed by atoms with Gasteiger partial charge >= 0.3 is 0 Å². The maximum atomic E-state index is 12.4. The van der Waals surface area contributed by atoms with Gasteiger partial charge in [0.2, 0.25) is 11.8 Å². The molecule has 0 saturated carbocycles. The van der Waals surface area contributed by atoms with E-state index in [-0.39, 0.29) is 5.91 Å². The Kier molecular flexibility index (Phi) is 5.00. The minimum Gasteiger partial charge on any atom is -0.459 e. The van der Waals surface area contributed by atoms with Gasteiger partial charge in [0.1, 0.15) is 17.0 Å². The van der Waals surface area contributed by atoms with Crippen LogP contribution in [0.4, 0.5) is 0 Å². The van der Waals surface area contributed by atoms with Gasteiger partial charge in [-0.3, -0.25) is 4.79 Å². The molecule has 0 saturated heterocycles. The third-order valence-electron chi connectivity index (χ3n) is 4.24. The van der Waals surface area contributed by atoms with Gasteiger partial charge in [-0.25, -0.2) is 4.98 Å². The van der Waals surface area contributed by atoms with Crippen LogP contribution in [0.25, 0.3) is 28.5 Å². The SMILES string of the molecule is CN(Cc1ccc(-c2ccc(Cl)cc2)o1)C(=O)C=Cc1nc2ccccc2o1. The maximum Gasteiger partial charge on any atom is 0.246 e. The van der Waals surface area contributed by atoms with Crippen molar-refractivity contribution in [1.29, 1.82) is 0 Å². The summed E-state index contributed by atoms with van der Waals surface area (Å²) < 4.78 is 11.4. The van der Waals surface area contributed by atoms with Crippen molar-refractivity contribution < 1.29 is 13.6 Å². The first-order chi connectivity index (χ1) is 13.6. The molecular formula is C22H17ClN2O3. The molecule has 0 aliphatic rings. The van der Waals surface area contributed by atoms with Crippen molar-refractivity contribution in [2.45, 2.75) is 6.54 Å². The Bertz CT molecular complexity index is 1110. The van der Waals surface area contributed by atoms with Crippen molar-refractivity contribution >= 4 is 34.7 Å². The van der Waals surface area contributed by atoms with Gasteiger partial charge < -0.3 is 13.7 Å². The zero-order valence-corrected chi connectivity index (χ0v) is 15.9. The summed E-state index contributed by atoms with van der Waals surface area (Å²) in [6, 6.07) is 18.6. The fraction of sp³-hybridized carbons (Fsp3) is 0.0909. The van der Waals surface area contributed by atoms with Crippen molar-refractivity contribution in [1.82, 2.24) is 9.88 Å². The third-order valence-corrected chi connectivity index (χ3v) is 4.49. The number of rotatable bonds is 5. The number of fused-ring (bicyclic) bond motifs is 1. The summed E-state index contributed by atoms with van der Waals surface area (Å²) in [6.07, 6.45) is 3.01. The van der Waals surface area contributed by atoms with E-state index >= 15 is 0 Å². The Morgan fingerprint density at radius 3 is 2.64 bits per heavy atom. The topological polar surface area (TPSA) is 59.5 Å². The standard InChI is InChI=1S/C22H17ClN2O3/c1-25(14-17-10-11-19(27-17)15-6-8-16(23)9-7-15)22(26)13-12-21-24-18-4-2-3-5-20(18)28-21/h2-13H,14H2,1H3. The van der Waals surface area contributed by atoms with E-state index in [9.17, 15) is 4.79 Å². The number of aromatic nitrogens is 1. The van der Waals surface area contributed by atoms with E-state index in [0.29, 0.717) is 28.8 Å². The van der Waals surface area contributed by atoms with Crippen molar-refractivity contribution in [2.75, 3.05) is 7.05 Å². The molecule has 0 aliphatic carbocycles. The first-order valence-corrected chi connectivity index (χ1v) is 9.10. The number of carbonyl (C=O) groups excluding carboxylic acids is 1. The predicted octanol–water partition coefficient (Wildman–Crippen LogP) is 5.41. The van der Waals surface area contributed by atoms with Gasteiger partial charge in [0, 0.05) is 29.8 Å². The largest absolute Gasteiger partial charge is 0.459 e. The van der Waals surface area contributed by atoms with Crippen LogP contribution in [0.1, 0.15) is 11.7 Å². The van der Waals surface area contributed by atoms with Crippen LogP contribution in [0.5, 0.6) is 0 Å². The summed E-state index contributed by atoms with van der Waals surface area (Å²) in [4.78, 5) is 18.2. The van der Waals surface area contributed by atoms with Crippen LogP contribution in [0.2, 0.25) is 5.02 Å². The molecule has 0 fully saturated rings. The average Bonchev–Trinajstić information content (AvgIpc) is 3.33. The summed E-state index contributed by atoms with van der Waals surface area (Å²) in [5.41, 5.74) is 2.38. The fourth-order valence-corrected chi connectivity index (χ4v) is 2.90. The number of benzene rings is 2. The second-order valence-corrected chi connectivity index (χ2v) is 6.76. The van der Waals surface area contributed by atoms with Crippen molar-refractivity contribution in [2.24, 2.45) is 0 Å². The zero-order chi connectivity index (χ0) is 19.5. The Morgan fingerprint density at radius 2 is 1.86 bits per heavy atom. The third kappa shape index (κ3) is 4.00. The Morgan fingerprint density at radius 1 is 1.07 bits per heavy atom. The van der Waals surface area contributed by atoms with Crippen LogP contribution in [-0.2, 0) is 11.3 Å². The van der Waals surface area contributed by atoms with E-state index in [0.717, 1.165) is 16.8 Å². The lowest BCUT2D eigenvalue weighted by Crippen LogP contribution is -2.23. The van der Waals surface area contributed by atoms with Gasteiger partial charge in [-0.15, -0.1) is 0 Å². The van der Waals surface area contributed by atoms with Crippen LogP contribution in [0.15, 0.2) is 75.6 Å². The number of furan rings is 1. The number of para-hydroxylation sites is 2. The maximum absolute atomic E-state index is 12.4. The Hall–Kier alpha value is -3.31. The lowest BCUT2D eigenvalue weighted by molar-refractivity contribution is -0.125. The second kappa shape index (κ2) is 7.74. The second-order valence-electron chi connectivity index (χ2n) is 6.32. The van der Waals surface area contributed by atoms with Crippen LogP contribution < -0.4 is 0 Å². The first-order valence-electron chi connectivity index (χ1n) is 8.72. The predicted molar refractivity (Wildman–Crippen MR) is 109 cm³/mol. The van der Waals surface area contributed by atoms with Crippen molar-refractivity contribution in [3.05, 3.63) is 83.4 Å². The zero-order valence-electron chi connectivity index (χ0n) is 15.1. The highest BCUT2D eigenvalue weighted by Crippen LogP contribution is 2.24. The van der Waals surface area contributed by atoms with Crippen LogP contribution in [0, 0.1) is 0 Å². The molecule has 0 spiro atoms. The minimum atomic E-state index is -0.174. The number of carbonyl (C=O) groups is 1. The molecule has 0 N–H and O–H groups in total. The van der Waals surface area contributed by atoms with Gasteiger partial charge in [-0.1, -0.05) is 23.7 Å². The molecule has 5 nitrogen and oxygen atoms in total. The normalized spacial score (nSPS) is 11.4. The molecule has 0 bridgehead atoms. The molecule has 2 aromatic carbocycles. The summed E-state index contributed by atoms with van der Waals surface area (Å²) in [7, 11) is 1.71. The summed E-state index contributed by atoms with van der Waals surface area (Å²) in [5.74, 6) is 1.64. The lowest BCUT2D eigenvalue weighted by Gasteiger charge is -2.12. The number of nitrogens with zero attached hydrogens (tertiary/aromatic N) is 2. The molecule has 0 aliphatic heterocycles. The van der Waals surface area contributed by atoms with Gasteiger partial charge in [-0.2, -0.15) is 0 Å². The first kappa shape index (κ1) is 18.1.